The molecule has 3 N–H and O–H groups in total. The van der Waals surface area contributed by atoms with E-state index in [0.717, 1.165) is 29.4 Å². The van der Waals surface area contributed by atoms with Gasteiger partial charge in [0.1, 0.15) is 11.4 Å². The topological polar surface area (TPSA) is 128 Å². The van der Waals surface area contributed by atoms with E-state index in [-0.39, 0.29) is 29.2 Å². The number of rotatable bonds is 6. The van der Waals surface area contributed by atoms with Gasteiger partial charge in [0.2, 0.25) is 5.91 Å². The molecule has 0 spiro atoms. The van der Waals surface area contributed by atoms with Crippen LogP contribution in [0.2, 0.25) is 5.02 Å². The summed E-state index contributed by atoms with van der Waals surface area (Å²) in [5.74, 6) is 6.02. The molecular formula is C28H30ClN7O3. The molecule has 0 unspecified atom stereocenters. The number of halogens is 1. The van der Waals surface area contributed by atoms with Gasteiger partial charge in [0.05, 0.1) is 34.9 Å². The number of likely N-dealkylation sites (tertiary alicyclic amines) is 1. The molecule has 202 valence electrons. The molecule has 39 heavy (non-hydrogen) atoms. The number of nitrogens with one attached hydrogen (secondary N) is 1. The van der Waals surface area contributed by atoms with Crippen LogP contribution < -0.4 is 11.1 Å². The van der Waals surface area contributed by atoms with Gasteiger partial charge >= 0.3 is 0 Å². The van der Waals surface area contributed by atoms with Gasteiger partial charge in [-0.25, -0.2) is 4.68 Å². The lowest BCUT2D eigenvalue weighted by Gasteiger charge is -2.22. The van der Waals surface area contributed by atoms with Gasteiger partial charge in [-0.15, -0.1) is 0 Å². The Morgan fingerprint density at radius 3 is 2.82 bits per heavy atom. The Balaban J connectivity index is 1.54. The second-order valence-corrected chi connectivity index (χ2v) is 10.3. The Kier molecular flexibility index (Phi) is 7.30. The number of carbonyl (C=O) groups excluding carboxylic acids is 2. The molecule has 2 amide bonds. The van der Waals surface area contributed by atoms with Crippen molar-refractivity contribution in [2.75, 3.05) is 32.6 Å². The number of ether oxygens (including phenoxy) is 1. The molecule has 1 saturated heterocycles. The third kappa shape index (κ3) is 4.73. The number of hydrogen-bond donors (Lipinski definition) is 2. The zero-order chi connectivity index (χ0) is 27.8. The van der Waals surface area contributed by atoms with Gasteiger partial charge in [-0.3, -0.25) is 9.59 Å². The summed E-state index contributed by atoms with van der Waals surface area (Å²) in [5.41, 5.74) is 9.64. The Bertz CT molecular complexity index is 1550. The molecule has 10 nitrogen and oxygen atoms in total. The number of aromatic nitrogens is 4. The van der Waals surface area contributed by atoms with Crippen LogP contribution in [-0.2, 0) is 16.0 Å². The van der Waals surface area contributed by atoms with Crippen LogP contribution in [0.3, 0.4) is 0 Å². The van der Waals surface area contributed by atoms with Crippen molar-refractivity contribution < 1.29 is 14.3 Å². The van der Waals surface area contributed by atoms with E-state index in [1.54, 1.807) is 23.7 Å². The van der Waals surface area contributed by atoms with E-state index in [1.165, 1.54) is 11.6 Å². The van der Waals surface area contributed by atoms with Gasteiger partial charge in [-0.2, -0.15) is 15.3 Å². The van der Waals surface area contributed by atoms with Crippen LogP contribution in [0, 0.1) is 11.8 Å². The lowest BCUT2D eigenvalue weighted by molar-refractivity contribution is -0.127. The fourth-order valence-electron chi connectivity index (χ4n) is 5.70. The standard InChI is InChI=1S/C28H30ClN7O3/c1-5-24(37)35-13-17(11-18(35)14-39-4)36-28(31-3)26(27(30)38)22(34-36)9-7-16-10-23-19(12-20(16)29)25-15(2)6-8-21(25)32-33-23/h5,10,12,15,17-18,31H,1,6,8,11,13-14H2,2-4H3,(H2,30,38)/t15-,17-,18+/m0/s1. The summed E-state index contributed by atoms with van der Waals surface area (Å²) in [6, 6.07) is 3.32. The normalized spacial score (nSPS) is 20.0. The minimum absolute atomic E-state index is 0.160. The molecular weight excluding hydrogens is 518 g/mol. The first kappa shape index (κ1) is 26.7. The van der Waals surface area contributed by atoms with Crippen LogP contribution in [0.15, 0.2) is 24.8 Å². The smallest absolute Gasteiger partial charge is 0.255 e. The van der Waals surface area contributed by atoms with Crippen molar-refractivity contribution >= 4 is 40.1 Å². The molecule has 1 aliphatic heterocycles. The van der Waals surface area contributed by atoms with Crippen LogP contribution in [0.1, 0.15) is 64.6 Å². The molecule has 0 bridgehead atoms. The van der Waals surface area contributed by atoms with E-state index >= 15 is 0 Å². The van der Waals surface area contributed by atoms with Crippen molar-refractivity contribution in [3.8, 4) is 11.8 Å². The average Bonchev–Trinajstić information content (AvgIpc) is 3.62. The first-order valence-electron chi connectivity index (χ1n) is 12.8. The Morgan fingerprint density at radius 2 is 2.13 bits per heavy atom. The van der Waals surface area contributed by atoms with Gasteiger partial charge in [-0.1, -0.05) is 31.0 Å². The maximum Gasteiger partial charge on any atom is 0.255 e. The number of nitrogens with zero attached hydrogens (tertiary/aromatic N) is 5. The minimum Gasteiger partial charge on any atom is -0.383 e. The molecule has 3 aromatic rings. The van der Waals surface area contributed by atoms with E-state index in [9.17, 15) is 9.59 Å². The maximum absolute atomic E-state index is 12.5. The summed E-state index contributed by atoms with van der Waals surface area (Å²) in [5, 5.41) is 18.0. The monoisotopic (exact) mass is 547 g/mol. The highest BCUT2D eigenvalue weighted by Gasteiger charge is 2.38. The molecule has 5 rings (SSSR count). The lowest BCUT2D eigenvalue weighted by atomic mass is 9.99. The number of methoxy groups -OCH3 is 1. The van der Waals surface area contributed by atoms with E-state index in [4.69, 9.17) is 22.1 Å². The summed E-state index contributed by atoms with van der Waals surface area (Å²) in [6.45, 7) is 6.53. The zero-order valence-corrected chi connectivity index (χ0v) is 22.9. The third-order valence-corrected chi connectivity index (χ3v) is 7.85. The van der Waals surface area contributed by atoms with Gasteiger partial charge in [-0.05, 0) is 54.9 Å². The second kappa shape index (κ2) is 10.7. The van der Waals surface area contributed by atoms with Gasteiger partial charge in [0.25, 0.3) is 5.91 Å². The highest BCUT2D eigenvalue weighted by atomic mass is 35.5. The number of benzene rings is 1. The Morgan fingerprint density at radius 1 is 1.33 bits per heavy atom. The summed E-state index contributed by atoms with van der Waals surface area (Å²) in [6.07, 6.45) is 3.82. The number of nitrogens with two attached hydrogens (primary N) is 1. The van der Waals surface area contributed by atoms with Gasteiger partial charge in [0.15, 0.2) is 5.69 Å². The number of amides is 2. The maximum atomic E-state index is 12.5. The van der Waals surface area contributed by atoms with Crippen molar-refractivity contribution in [1.82, 2.24) is 24.9 Å². The highest BCUT2D eigenvalue weighted by Crippen LogP contribution is 2.37. The third-order valence-electron chi connectivity index (χ3n) is 7.54. The van der Waals surface area contributed by atoms with E-state index in [0.29, 0.717) is 41.9 Å². The summed E-state index contributed by atoms with van der Waals surface area (Å²) in [4.78, 5) is 26.7. The van der Waals surface area contributed by atoms with Crippen molar-refractivity contribution in [3.63, 3.8) is 0 Å². The number of fused-ring (bicyclic) bond motifs is 3. The van der Waals surface area contributed by atoms with Crippen LogP contribution in [-0.4, -0.2) is 70.0 Å². The molecule has 3 atom stereocenters. The van der Waals surface area contributed by atoms with Gasteiger partial charge < -0.3 is 20.7 Å². The Labute approximate surface area is 231 Å². The molecule has 3 heterocycles. The van der Waals surface area contributed by atoms with Crippen molar-refractivity contribution in [2.24, 2.45) is 5.73 Å². The molecule has 1 aromatic carbocycles. The Hall–Kier alpha value is -3.94. The van der Waals surface area contributed by atoms with Crippen LogP contribution >= 0.6 is 11.6 Å². The average molecular weight is 548 g/mol. The predicted molar refractivity (Wildman–Crippen MR) is 149 cm³/mol. The molecule has 0 saturated carbocycles. The highest BCUT2D eigenvalue weighted by molar-refractivity contribution is 6.32. The summed E-state index contributed by atoms with van der Waals surface area (Å²) in [7, 11) is 3.27. The fraction of sp³-hybridized carbons (Fsp3) is 0.393. The molecule has 2 aliphatic rings. The largest absolute Gasteiger partial charge is 0.383 e. The molecule has 11 heteroatoms. The van der Waals surface area contributed by atoms with E-state index in [1.807, 2.05) is 12.1 Å². The van der Waals surface area contributed by atoms with Crippen LogP contribution in [0.5, 0.6) is 0 Å². The summed E-state index contributed by atoms with van der Waals surface area (Å²) < 4.78 is 7.01. The van der Waals surface area contributed by atoms with E-state index in [2.05, 4.69) is 46.0 Å². The molecule has 2 aromatic heterocycles. The lowest BCUT2D eigenvalue weighted by Crippen LogP contribution is -2.37. The first-order chi connectivity index (χ1) is 18.8. The van der Waals surface area contributed by atoms with E-state index < -0.39 is 5.91 Å². The molecule has 0 radical (unpaired) electrons. The molecule has 1 fully saturated rings. The van der Waals surface area contributed by atoms with Crippen LogP contribution in [0.25, 0.3) is 10.9 Å². The number of hydrogen-bond acceptors (Lipinski definition) is 7. The first-order valence-corrected chi connectivity index (χ1v) is 13.2. The van der Waals surface area contributed by atoms with Crippen molar-refractivity contribution in [1.29, 1.82) is 0 Å². The SMILES string of the molecule is C=CC(=O)N1C[C@@H](n2nc(C#Cc3cc4nnc5c(c4cc3Cl)[C@@H](C)CC5)c(C(N)=O)c2NC)C[C@@H]1COC. The predicted octanol–water partition coefficient (Wildman–Crippen LogP) is 3.04. The number of carbonyl (C=O) groups is 2. The van der Waals surface area contributed by atoms with Crippen LogP contribution in [0.4, 0.5) is 5.82 Å². The number of aryl methyl sites for hydroxylation is 1. The zero-order valence-electron chi connectivity index (χ0n) is 22.1. The number of anilines is 1. The molecule has 1 aliphatic carbocycles. The fourth-order valence-corrected chi connectivity index (χ4v) is 5.92. The summed E-state index contributed by atoms with van der Waals surface area (Å²) >= 11 is 6.66. The minimum atomic E-state index is -0.666. The van der Waals surface area contributed by atoms with Gasteiger partial charge in [0, 0.05) is 31.7 Å². The second-order valence-electron chi connectivity index (χ2n) is 9.92. The number of primary amides is 1. The van der Waals surface area contributed by atoms with Crippen molar-refractivity contribution in [2.45, 2.75) is 44.2 Å². The quantitative estimate of drug-likeness (QED) is 0.358. The van der Waals surface area contributed by atoms with Crippen molar-refractivity contribution in [3.05, 3.63) is 57.9 Å².